The first-order chi connectivity index (χ1) is 10.8. The van der Waals surface area contributed by atoms with Crippen LogP contribution in [0.3, 0.4) is 0 Å². The number of hydrogen-bond donors (Lipinski definition) is 2. The zero-order valence-electron chi connectivity index (χ0n) is 15.3. The van der Waals surface area contributed by atoms with Crippen LogP contribution in [0.15, 0.2) is 4.99 Å². The minimum Gasteiger partial charge on any atom is -0.385 e. The van der Waals surface area contributed by atoms with E-state index in [0.717, 1.165) is 38.6 Å². The summed E-state index contributed by atoms with van der Waals surface area (Å²) in [6.45, 7) is 10.4. The molecule has 1 heterocycles. The molecule has 0 radical (unpaired) electrons. The summed E-state index contributed by atoms with van der Waals surface area (Å²) >= 11 is 0. The number of halogens is 1. The summed E-state index contributed by atoms with van der Waals surface area (Å²) in [6, 6.07) is 0.620. The molecule has 0 aromatic rings. The lowest BCUT2D eigenvalue weighted by atomic mass is 10.0. The number of nitrogens with zero attached hydrogens (tertiary/aromatic N) is 2. The van der Waals surface area contributed by atoms with Gasteiger partial charge in [-0.3, -0.25) is 9.89 Å². The number of ether oxygens (including phenoxy) is 1. The van der Waals surface area contributed by atoms with Gasteiger partial charge in [-0.1, -0.05) is 19.8 Å². The van der Waals surface area contributed by atoms with Gasteiger partial charge in [0.15, 0.2) is 5.96 Å². The third kappa shape index (κ3) is 10.4. The van der Waals surface area contributed by atoms with E-state index in [-0.39, 0.29) is 24.0 Å². The van der Waals surface area contributed by atoms with Gasteiger partial charge in [-0.15, -0.1) is 24.0 Å². The van der Waals surface area contributed by atoms with E-state index in [4.69, 9.17) is 9.73 Å². The SMILES string of the molecule is CCCCN1CCCCC1CN=C(NCC)NCCCOC.I. The molecule has 1 atom stereocenters. The van der Waals surface area contributed by atoms with Crippen molar-refractivity contribution in [3.05, 3.63) is 0 Å². The topological polar surface area (TPSA) is 48.9 Å². The van der Waals surface area contributed by atoms with Crippen LogP contribution in [-0.4, -0.2) is 63.3 Å². The van der Waals surface area contributed by atoms with Crippen molar-refractivity contribution < 1.29 is 4.74 Å². The first-order valence-electron chi connectivity index (χ1n) is 9.07. The predicted octanol–water partition coefficient (Wildman–Crippen LogP) is 2.85. The van der Waals surface area contributed by atoms with Gasteiger partial charge >= 0.3 is 0 Å². The van der Waals surface area contributed by atoms with Crippen LogP contribution in [0, 0.1) is 0 Å². The second-order valence-electron chi connectivity index (χ2n) is 6.03. The molecule has 23 heavy (non-hydrogen) atoms. The van der Waals surface area contributed by atoms with Crippen LogP contribution < -0.4 is 10.6 Å². The summed E-state index contributed by atoms with van der Waals surface area (Å²) in [5, 5.41) is 6.73. The average Bonchev–Trinajstić information content (AvgIpc) is 2.55. The molecule has 0 spiro atoms. The highest BCUT2D eigenvalue weighted by Gasteiger charge is 2.21. The van der Waals surface area contributed by atoms with Gasteiger partial charge in [0.05, 0.1) is 6.54 Å². The number of methoxy groups -OCH3 is 1. The number of rotatable bonds is 10. The highest BCUT2D eigenvalue weighted by atomic mass is 127. The molecule has 5 nitrogen and oxygen atoms in total. The maximum Gasteiger partial charge on any atom is 0.191 e. The summed E-state index contributed by atoms with van der Waals surface area (Å²) < 4.78 is 5.08. The van der Waals surface area contributed by atoms with E-state index in [9.17, 15) is 0 Å². The molecule has 1 fully saturated rings. The summed E-state index contributed by atoms with van der Waals surface area (Å²) in [5.74, 6) is 0.944. The van der Waals surface area contributed by atoms with Crippen molar-refractivity contribution >= 4 is 29.9 Å². The maximum absolute atomic E-state index is 5.08. The Morgan fingerprint density at radius 3 is 2.74 bits per heavy atom. The Morgan fingerprint density at radius 2 is 2.04 bits per heavy atom. The molecule has 1 rings (SSSR count). The lowest BCUT2D eigenvalue weighted by molar-refractivity contribution is 0.151. The summed E-state index contributed by atoms with van der Waals surface area (Å²) in [6.07, 6.45) is 7.56. The van der Waals surface area contributed by atoms with Gasteiger partial charge < -0.3 is 15.4 Å². The molecule has 0 aliphatic carbocycles. The van der Waals surface area contributed by atoms with Crippen LogP contribution in [0.2, 0.25) is 0 Å². The number of nitrogens with one attached hydrogen (secondary N) is 2. The van der Waals surface area contributed by atoms with E-state index in [1.807, 2.05) is 0 Å². The minimum atomic E-state index is 0. The van der Waals surface area contributed by atoms with Crippen molar-refractivity contribution in [2.24, 2.45) is 4.99 Å². The molecular formula is C17H37IN4O. The first kappa shape index (κ1) is 22.9. The molecule has 0 saturated carbocycles. The quantitative estimate of drug-likeness (QED) is 0.238. The first-order valence-corrected chi connectivity index (χ1v) is 9.07. The van der Waals surface area contributed by atoms with Gasteiger partial charge in [0.2, 0.25) is 0 Å². The lowest BCUT2D eigenvalue weighted by Gasteiger charge is -2.35. The zero-order valence-corrected chi connectivity index (χ0v) is 17.6. The van der Waals surface area contributed by atoms with E-state index in [1.165, 1.54) is 45.2 Å². The molecule has 1 aliphatic rings. The number of unbranched alkanes of at least 4 members (excludes halogenated alkanes) is 1. The van der Waals surface area contributed by atoms with Crippen LogP contribution in [0.4, 0.5) is 0 Å². The Labute approximate surface area is 160 Å². The van der Waals surface area contributed by atoms with Crippen molar-refractivity contribution in [1.82, 2.24) is 15.5 Å². The van der Waals surface area contributed by atoms with E-state index in [2.05, 4.69) is 29.4 Å². The normalized spacial score (nSPS) is 19.3. The van der Waals surface area contributed by atoms with E-state index in [1.54, 1.807) is 7.11 Å². The smallest absolute Gasteiger partial charge is 0.191 e. The molecule has 1 aliphatic heterocycles. The molecule has 138 valence electrons. The number of likely N-dealkylation sites (tertiary alicyclic amines) is 1. The Bertz CT molecular complexity index is 302. The molecule has 6 heteroatoms. The second-order valence-corrected chi connectivity index (χ2v) is 6.03. The number of piperidine rings is 1. The Morgan fingerprint density at radius 1 is 1.22 bits per heavy atom. The third-order valence-electron chi connectivity index (χ3n) is 4.17. The zero-order chi connectivity index (χ0) is 16.0. The molecule has 0 aromatic carbocycles. The highest BCUT2D eigenvalue weighted by Crippen LogP contribution is 2.17. The van der Waals surface area contributed by atoms with Crippen molar-refractivity contribution in [3.63, 3.8) is 0 Å². The second kappa shape index (κ2) is 15.4. The van der Waals surface area contributed by atoms with Gasteiger partial charge in [0.25, 0.3) is 0 Å². The van der Waals surface area contributed by atoms with Gasteiger partial charge in [0, 0.05) is 32.8 Å². The Kier molecular flexibility index (Phi) is 15.4. The molecule has 1 unspecified atom stereocenters. The third-order valence-corrected chi connectivity index (χ3v) is 4.17. The van der Waals surface area contributed by atoms with Crippen LogP contribution in [0.5, 0.6) is 0 Å². The largest absolute Gasteiger partial charge is 0.385 e. The van der Waals surface area contributed by atoms with Crippen molar-refractivity contribution in [3.8, 4) is 0 Å². The van der Waals surface area contributed by atoms with Crippen molar-refractivity contribution in [2.45, 2.75) is 58.4 Å². The number of aliphatic imine (C=N–C) groups is 1. The van der Waals surface area contributed by atoms with Crippen LogP contribution in [0.25, 0.3) is 0 Å². The van der Waals surface area contributed by atoms with E-state index >= 15 is 0 Å². The van der Waals surface area contributed by atoms with Gasteiger partial charge in [0.1, 0.15) is 0 Å². The molecule has 1 saturated heterocycles. The predicted molar refractivity (Wildman–Crippen MR) is 110 cm³/mol. The lowest BCUT2D eigenvalue weighted by Crippen LogP contribution is -2.43. The maximum atomic E-state index is 5.08. The van der Waals surface area contributed by atoms with Crippen molar-refractivity contribution in [2.75, 3.05) is 46.4 Å². The molecule has 0 amide bonds. The van der Waals surface area contributed by atoms with Crippen LogP contribution in [-0.2, 0) is 4.74 Å². The fourth-order valence-electron chi connectivity index (χ4n) is 2.88. The monoisotopic (exact) mass is 440 g/mol. The minimum absolute atomic E-state index is 0. The van der Waals surface area contributed by atoms with E-state index < -0.39 is 0 Å². The van der Waals surface area contributed by atoms with Crippen LogP contribution >= 0.6 is 24.0 Å². The van der Waals surface area contributed by atoms with Gasteiger partial charge in [-0.05, 0) is 45.7 Å². The van der Waals surface area contributed by atoms with Crippen molar-refractivity contribution in [1.29, 1.82) is 0 Å². The summed E-state index contributed by atoms with van der Waals surface area (Å²) in [4.78, 5) is 7.45. The Hall–Kier alpha value is -0.0800. The fourth-order valence-corrected chi connectivity index (χ4v) is 2.88. The molecule has 2 N–H and O–H groups in total. The van der Waals surface area contributed by atoms with E-state index in [0.29, 0.717) is 6.04 Å². The average molecular weight is 440 g/mol. The molecule has 0 bridgehead atoms. The standard InChI is InChI=1S/C17H36N4O.HI/c1-4-6-12-21-13-8-7-10-16(21)15-20-17(18-5-2)19-11-9-14-22-3;/h16H,4-15H2,1-3H3,(H2,18,19,20);1H. The number of hydrogen-bond acceptors (Lipinski definition) is 3. The molecular weight excluding hydrogens is 403 g/mol. The van der Waals surface area contributed by atoms with Crippen LogP contribution in [0.1, 0.15) is 52.4 Å². The Balaban J connectivity index is 0.00000484. The summed E-state index contributed by atoms with van der Waals surface area (Å²) in [7, 11) is 1.74. The highest BCUT2D eigenvalue weighted by molar-refractivity contribution is 14.0. The number of guanidine groups is 1. The van der Waals surface area contributed by atoms with Gasteiger partial charge in [-0.2, -0.15) is 0 Å². The fraction of sp³-hybridized carbons (Fsp3) is 0.941. The summed E-state index contributed by atoms with van der Waals surface area (Å²) in [5.41, 5.74) is 0. The molecule has 0 aromatic heterocycles. The van der Waals surface area contributed by atoms with Gasteiger partial charge in [-0.25, -0.2) is 0 Å².